The van der Waals surface area contributed by atoms with Crippen molar-refractivity contribution in [1.82, 2.24) is 14.9 Å². The van der Waals surface area contributed by atoms with Gasteiger partial charge in [0, 0.05) is 36.1 Å². The lowest BCUT2D eigenvalue weighted by atomic mass is 10.00. The number of halogens is 1. The topological polar surface area (TPSA) is 48.3 Å². The minimum atomic E-state index is 0.245. The zero-order chi connectivity index (χ0) is 15.1. The van der Waals surface area contributed by atoms with E-state index in [1.54, 1.807) is 0 Å². The number of ether oxygens (including phenoxy) is 2. The standard InChI is InChI=1S/C16H18ClN3O2/c1-10-6-11(2-3-18-10)20-5-4-19-16(20)12-7-14-15(8-13(12)17)22-9-21-14/h4-5,7-8,10-11,18H,2-3,6,9H2,1H3/t10-,11-/m1/s1. The summed E-state index contributed by atoms with van der Waals surface area (Å²) < 4.78 is 13.1. The highest BCUT2D eigenvalue weighted by Crippen LogP contribution is 2.41. The van der Waals surface area contributed by atoms with Crippen molar-refractivity contribution in [2.75, 3.05) is 13.3 Å². The molecule has 2 aliphatic rings. The van der Waals surface area contributed by atoms with Crippen LogP contribution in [0.5, 0.6) is 11.5 Å². The number of aromatic nitrogens is 2. The highest BCUT2D eigenvalue weighted by Gasteiger charge is 2.24. The van der Waals surface area contributed by atoms with E-state index in [2.05, 4.69) is 21.8 Å². The molecule has 0 unspecified atom stereocenters. The van der Waals surface area contributed by atoms with E-state index in [-0.39, 0.29) is 6.79 Å². The molecule has 0 aliphatic carbocycles. The Morgan fingerprint density at radius 2 is 2.14 bits per heavy atom. The molecule has 2 aliphatic heterocycles. The summed E-state index contributed by atoms with van der Waals surface area (Å²) in [5, 5.41) is 4.12. The first-order chi connectivity index (χ1) is 10.7. The summed E-state index contributed by atoms with van der Waals surface area (Å²) in [4.78, 5) is 4.53. The molecule has 2 aromatic rings. The molecule has 0 saturated carbocycles. The molecule has 1 N–H and O–H groups in total. The van der Waals surface area contributed by atoms with Gasteiger partial charge >= 0.3 is 0 Å². The van der Waals surface area contributed by atoms with Crippen molar-refractivity contribution in [1.29, 1.82) is 0 Å². The van der Waals surface area contributed by atoms with Gasteiger partial charge in [-0.2, -0.15) is 0 Å². The summed E-state index contributed by atoms with van der Waals surface area (Å²) in [6.45, 7) is 3.49. The molecule has 1 aromatic carbocycles. The molecule has 1 fully saturated rings. The van der Waals surface area contributed by atoms with E-state index in [0.29, 0.717) is 22.9 Å². The highest BCUT2D eigenvalue weighted by molar-refractivity contribution is 6.33. The van der Waals surface area contributed by atoms with Crippen LogP contribution in [0, 0.1) is 0 Å². The van der Waals surface area contributed by atoms with Crippen LogP contribution in [0.25, 0.3) is 11.4 Å². The third-order valence-corrected chi connectivity index (χ3v) is 4.67. The van der Waals surface area contributed by atoms with Gasteiger partial charge in [-0.3, -0.25) is 0 Å². The van der Waals surface area contributed by atoms with Crippen LogP contribution >= 0.6 is 11.6 Å². The summed E-state index contributed by atoms with van der Waals surface area (Å²) >= 11 is 6.44. The van der Waals surface area contributed by atoms with Gasteiger partial charge in [-0.25, -0.2) is 4.98 Å². The molecule has 0 bridgehead atoms. The molecule has 3 heterocycles. The van der Waals surface area contributed by atoms with Crippen molar-refractivity contribution in [3.05, 3.63) is 29.5 Å². The third-order valence-electron chi connectivity index (χ3n) is 4.36. The monoisotopic (exact) mass is 319 g/mol. The van der Waals surface area contributed by atoms with Crippen LogP contribution in [0.2, 0.25) is 5.02 Å². The maximum atomic E-state index is 6.44. The van der Waals surface area contributed by atoms with Crippen LogP contribution in [-0.2, 0) is 0 Å². The summed E-state index contributed by atoms with van der Waals surface area (Å²) in [6.07, 6.45) is 6.06. The molecule has 6 heteroatoms. The van der Waals surface area contributed by atoms with E-state index < -0.39 is 0 Å². The number of fused-ring (bicyclic) bond motifs is 1. The fourth-order valence-electron chi connectivity index (χ4n) is 3.26. The van der Waals surface area contributed by atoms with Crippen LogP contribution in [0.3, 0.4) is 0 Å². The minimum absolute atomic E-state index is 0.245. The minimum Gasteiger partial charge on any atom is -0.454 e. The molecule has 116 valence electrons. The molecule has 1 saturated heterocycles. The molecular weight excluding hydrogens is 302 g/mol. The number of piperidine rings is 1. The van der Waals surface area contributed by atoms with E-state index >= 15 is 0 Å². The summed E-state index contributed by atoms with van der Waals surface area (Å²) in [5.41, 5.74) is 0.891. The van der Waals surface area contributed by atoms with Crippen molar-refractivity contribution in [2.45, 2.75) is 31.8 Å². The number of rotatable bonds is 2. The van der Waals surface area contributed by atoms with Crippen LogP contribution in [0.15, 0.2) is 24.5 Å². The Balaban J connectivity index is 1.73. The van der Waals surface area contributed by atoms with Crippen molar-refractivity contribution >= 4 is 11.6 Å². The molecular formula is C16H18ClN3O2. The van der Waals surface area contributed by atoms with Gasteiger partial charge in [-0.05, 0) is 32.4 Å². The van der Waals surface area contributed by atoms with Gasteiger partial charge in [0.1, 0.15) is 5.82 Å². The maximum absolute atomic E-state index is 6.44. The zero-order valence-corrected chi connectivity index (χ0v) is 13.1. The van der Waals surface area contributed by atoms with Crippen LogP contribution in [0.4, 0.5) is 0 Å². The van der Waals surface area contributed by atoms with Crippen molar-refractivity contribution in [3.63, 3.8) is 0 Å². The highest BCUT2D eigenvalue weighted by atomic mass is 35.5. The van der Waals surface area contributed by atoms with Crippen molar-refractivity contribution < 1.29 is 9.47 Å². The summed E-state index contributed by atoms with van der Waals surface area (Å²) in [5.74, 6) is 2.32. The molecule has 0 spiro atoms. The molecule has 5 nitrogen and oxygen atoms in total. The average Bonchev–Trinajstić information content (AvgIpc) is 3.14. The first kappa shape index (κ1) is 13.9. The maximum Gasteiger partial charge on any atom is 0.231 e. The van der Waals surface area contributed by atoms with E-state index in [0.717, 1.165) is 36.5 Å². The van der Waals surface area contributed by atoms with E-state index in [9.17, 15) is 0 Å². The van der Waals surface area contributed by atoms with E-state index in [1.807, 2.05) is 24.5 Å². The fraction of sp³-hybridized carbons (Fsp3) is 0.438. The lowest BCUT2D eigenvalue weighted by molar-refractivity contribution is 0.174. The Kier molecular flexibility index (Phi) is 3.47. The van der Waals surface area contributed by atoms with Crippen LogP contribution < -0.4 is 14.8 Å². The number of hydrogen-bond donors (Lipinski definition) is 1. The summed E-state index contributed by atoms with van der Waals surface area (Å²) in [6, 6.07) is 4.69. The molecule has 0 amide bonds. The second-order valence-corrected chi connectivity index (χ2v) is 6.28. The fourth-order valence-corrected chi connectivity index (χ4v) is 3.50. The van der Waals surface area contributed by atoms with Gasteiger partial charge < -0.3 is 19.4 Å². The number of benzene rings is 1. The molecule has 4 rings (SSSR count). The van der Waals surface area contributed by atoms with Crippen LogP contribution in [-0.4, -0.2) is 28.9 Å². The Morgan fingerprint density at radius 1 is 1.32 bits per heavy atom. The molecule has 22 heavy (non-hydrogen) atoms. The Bertz CT molecular complexity index is 701. The summed E-state index contributed by atoms with van der Waals surface area (Å²) in [7, 11) is 0. The number of nitrogens with one attached hydrogen (secondary N) is 1. The van der Waals surface area contributed by atoms with Gasteiger partial charge in [0.25, 0.3) is 0 Å². The Hall–Kier alpha value is -1.72. The van der Waals surface area contributed by atoms with E-state index in [1.165, 1.54) is 0 Å². The normalized spacial score (nSPS) is 23.7. The quantitative estimate of drug-likeness (QED) is 0.923. The molecule has 2 atom stereocenters. The predicted octanol–water partition coefficient (Wildman–Crippen LogP) is 3.25. The Labute approximate surface area is 134 Å². The van der Waals surface area contributed by atoms with E-state index in [4.69, 9.17) is 21.1 Å². The van der Waals surface area contributed by atoms with Gasteiger partial charge in [0.2, 0.25) is 6.79 Å². The van der Waals surface area contributed by atoms with Gasteiger partial charge in [-0.15, -0.1) is 0 Å². The second-order valence-electron chi connectivity index (χ2n) is 5.88. The number of nitrogens with zero attached hydrogens (tertiary/aromatic N) is 2. The average molecular weight is 320 g/mol. The van der Waals surface area contributed by atoms with Crippen LogP contribution in [0.1, 0.15) is 25.8 Å². The van der Waals surface area contributed by atoms with Gasteiger partial charge in [0.05, 0.1) is 5.02 Å². The van der Waals surface area contributed by atoms with Crippen molar-refractivity contribution in [3.8, 4) is 22.9 Å². The number of hydrogen-bond acceptors (Lipinski definition) is 4. The second kappa shape index (κ2) is 5.48. The SMILES string of the molecule is C[C@@H]1C[C@H](n2ccnc2-c2cc3c(cc2Cl)OCO3)CCN1. The van der Waals surface area contributed by atoms with Gasteiger partial charge in [-0.1, -0.05) is 11.6 Å². The lowest BCUT2D eigenvalue weighted by Crippen LogP contribution is -2.36. The smallest absolute Gasteiger partial charge is 0.231 e. The predicted molar refractivity (Wildman–Crippen MR) is 84.5 cm³/mol. The largest absolute Gasteiger partial charge is 0.454 e. The first-order valence-corrected chi connectivity index (χ1v) is 7.96. The molecule has 0 radical (unpaired) electrons. The molecule has 1 aromatic heterocycles. The van der Waals surface area contributed by atoms with Crippen molar-refractivity contribution in [2.24, 2.45) is 0 Å². The lowest BCUT2D eigenvalue weighted by Gasteiger charge is -2.30. The zero-order valence-electron chi connectivity index (χ0n) is 12.4. The number of imidazole rings is 1. The third kappa shape index (κ3) is 2.34. The first-order valence-electron chi connectivity index (χ1n) is 7.58. The van der Waals surface area contributed by atoms with Gasteiger partial charge in [0.15, 0.2) is 11.5 Å². The Morgan fingerprint density at radius 3 is 2.95 bits per heavy atom.